The second kappa shape index (κ2) is 5.60. The average Bonchev–Trinajstić information content (AvgIpc) is 1.95. The van der Waals surface area contributed by atoms with Gasteiger partial charge >= 0.3 is 40.0 Å². The topological polar surface area (TPSA) is 87.1 Å². The third kappa shape index (κ3) is 123. The van der Waals surface area contributed by atoms with E-state index >= 15 is 0 Å². The minimum absolute atomic E-state index is 0. The molecule has 5 nitrogen and oxygen atoms in total. The molecule has 0 aromatic carbocycles. The van der Waals surface area contributed by atoms with Gasteiger partial charge in [0, 0.05) is 0 Å². The van der Waals surface area contributed by atoms with Crippen LogP contribution in [0.3, 0.4) is 0 Å². The summed E-state index contributed by atoms with van der Waals surface area (Å²) in [5, 5.41) is 0. The van der Waals surface area contributed by atoms with Crippen LogP contribution in [0.2, 0.25) is 0 Å². The molecule has 1 heterocycles. The fraction of sp³-hybridized carbons (Fsp3) is 1.00. The molecule has 7 heteroatoms. The number of epoxide rings is 1. The molecule has 1 fully saturated rings. The molecule has 0 aromatic rings. The van der Waals surface area contributed by atoms with Crippen LogP contribution in [0.5, 0.6) is 0 Å². The van der Waals surface area contributed by atoms with Gasteiger partial charge in [-0.05, 0) is 0 Å². The van der Waals surface area contributed by atoms with E-state index in [0.29, 0.717) is 0 Å². The zero-order valence-corrected chi connectivity index (χ0v) is 4.76. The van der Waals surface area contributed by atoms with Crippen molar-refractivity contribution in [2.75, 3.05) is 13.2 Å². The molecular weight excluding hydrogens is 159 g/mol. The Bertz CT molecular complexity index is 126. The summed E-state index contributed by atoms with van der Waals surface area (Å²) in [6.07, 6.45) is 0. The molecule has 9 heavy (non-hydrogen) atoms. The molecule has 0 aliphatic carbocycles. The second-order valence-corrected chi connectivity index (χ2v) is 1.96. The van der Waals surface area contributed by atoms with E-state index < -0.39 is 10.4 Å². The van der Waals surface area contributed by atoms with E-state index in [1.807, 2.05) is 0 Å². The van der Waals surface area contributed by atoms with E-state index in [4.69, 9.17) is 17.5 Å². The third-order valence-corrected chi connectivity index (χ3v) is 0.204. The van der Waals surface area contributed by atoms with Crippen molar-refractivity contribution in [3.63, 3.8) is 0 Å². The molecule has 1 aliphatic heterocycles. The zero-order chi connectivity index (χ0) is 6.62. The van der Waals surface area contributed by atoms with Gasteiger partial charge < -0.3 is 4.74 Å². The van der Waals surface area contributed by atoms with Gasteiger partial charge in [0.25, 0.3) is 0 Å². The van der Waals surface area contributed by atoms with Crippen molar-refractivity contribution in [2.24, 2.45) is 0 Å². The summed E-state index contributed by atoms with van der Waals surface area (Å²) < 4.78 is 36.1. The van der Waals surface area contributed by atoms with Crippen molar-refractivity contribution in [1.29, 1.82) is 0 Å². The first kappa shape index (κ1) is 12.5. The van der Waals surface area contributed by atoms with Gasteiger partial charge in [-0.2, -0.15) is 8.42 Å². The van der Waals surface area contributed by atoms with Crippen molar-refractivity contribution < 1.29 is 22.3 Å². The third-order valence-electron chi connectivity index (χ3n) is 0.204. The van der Waals surface area contributed by atoms with E-state index in [-0.39, 0.29) is 29.6 Å². The van der Waals surface area contributed by atoms with Crippen LogP contribution in [0.4, 0.5) is 0 Å². The van der Waals surface area contributed by atoms with Crippen LogP contribution < -0.4 is 0 Å². The first-order valence-corrected chi connectivity index (χ1v) is 3.17. The van der Waals surface area contributed by atoms with Crippen LogP contribution in [0.25, 0.3) is 0 Å². The van der Waals surface area contributed by atoms with E-state index in [2.05, 4.69) is 4.74 Å². The van der Waals surface area contributed by atoms with E-state index in [1.165, 1.54) is 0 Å². The van der Waals surface area contributed by atoms with Crippen LogP contribution in [0.1, 0.15) is 0 Å². The normalized spacial score (nSPS) is 14.4. The van der Waals surface area contributed by atoms with Gasteiger partial charge in [-0.15, -0.1) is 0 Å². The summed E-state index contributed by atoms with van der Waals surface area (Å²) in [5.74, 6) is 0. The van der Waals surface area contributed by atoms with Gasteiger partial charge in [0.1, 0.15) is 0 Å². The SMILES string of the molecule is C1CO1.O=S(=O)(O)O.[NaH]. The van der Waals surface area contributed by atoms with Gasteiger partial charge in [0.05, 0.1) is 13.2 Å². The summed E-state index contributed by atoms with van der Waals surface area (Å²) >= 11 is 0. The summed E-state index contributed by atoms with van der Waals surface area (Å²) in [4.78, 5) is 0. The van der Waals surface area contributed by atoms with Crippen molar-refractivity contribution in [3.05, 3.63) is 0 Å². The first-order chi connectivity index (χ1) is 3.50. The van der Waals surface area contributed by atoms with Gasteiger partial charge in [-0.3, -0.25) is 9.11 Å². The van der Waals surface area contributed by atoms with Crippen molar-refractivity contribution in [1.82, 2.24) is 0 Å². The molecule has 0 spiro atoms. The molecule has 0 radical (unpaired) electrons. The maximum atomic E-state index is 8.74. The predicted octanol–water partition coefficient (Wildman–Crippen LogP) is -1.28. The fourth-order valence-electron chi connectivity index (χ4n) is 0. The van der Waals surface area contributed by atoms with Gasteiger partial charge in [-0.1, -0.05) is 0 Å². The van der Waals surface area contributed by atoms with Crippen molar-refractivity contribution in [2.45, 2.75) is 0 Å². The number of rotatable bonds is 0. The van der Waals surface area contributed by atoms with E-state index in [9.17, 15) is 0 Å². The van der Waals surface area contributed by atoms with Crippen LogP contribution in [-0.2, 0) is 15.1 Å². The summed E-state index contributed by atoms with van der Waals surface area (Å²) in [5.41, 5.74) is 0. The molecule has 0 bridgehead atoms. The Hall–Kier alpha value is 0.830. The maximum absolute atomic E-state index is 8.74. The molecule has 0 unspecified atom stereocenters. The Morgan fingerprint density at radius 1 is 1.22 bits per heavy atom. The Kier molecular flexibility index (Phi) is 7.78. The average molecular weight is 166 g/mol. The van der Waals surface area contributed by atoms with Gasteiger partial charge in [-0.25, -0.2) is 0 Å². The Balaban J connectivity index is 0. The van der Waals surface area contributed by atoms with Crippen LogP contribution in [0, 0.1) is 0 Å². The number of ether oxygens (including phenoxy) is 1. The number of hydrogen-bond donors (Lipinski definition) is 2. The molecule has 1 rings (SSSR count). The first-order valence-electron chi connectivity index (χ1n) is 1.78. The molecular formula is C2H7NaO5S. The monoisotopic (exact) mass is 166 g/mol. The predicted molar refractivity (Wildman–Crippen MR) is 32.1 cm³/mol. The Morgan fingerprint density at radius 3 is 1.33 bits per heavy atom. The fourth-order valence-corrected chi connectivity index (χ4v) is 0. The van der Waals surface area contributed by atoms with Crippen molar-refractivity contribution in [3.8, 4) is 0 Å². The standard InChI is InChI=1S/C2H4O.Na.H2O4S.H/c1-2-3-1;;1-5(2,3)4;/h1-2H2;;(H2,1,2,3,4);. The van der Waals surface area contributed by atoms with Gasteiger partial charge in [0.2, 0.25) is 0 Å². The number of hydrogen-bond acceptors (Lipinski definition) is 3. The Morgan fingerprint density at radius 2 is 1.33 bits per heavy atom. The van der Waals surface area contributed by atoms with E-state index in [1.54, 1.807) is 0 Å². The molecule has 1 aliphatic rings. The molecule has 0 atom stereocenters. The molecule has 0 saturated carbocycles. The Labute approximate surface area is 75.3 Å². The van der Waals surface area contributed by atoms with Crippen LogP contribution in [0.15, 0.2) is 0 Å². The second-order valence-electron chi connectivity index (χ2n) is 1.06. The molecule has 1 saturated heterocycles. The quantitative estimate of drug-likeness (QED) is 0.266. The molecule has 0 aromatic heterocycles. The molecule has 0 amide bonds. The molecule has 2 N–H and O–H groups in total. The van der Waals surface area contributed by atoms with Crippen LogP contribution in [-0.4, -0.2) is 60.3 Å². The summed E-state index contributed by atoms with van der Waals surface area (Å²) in [6.45, 7) is 2.00. The van der Waals surface area contributed by atoms with Gasteiger partial charge in [0.15, 0.2) is 0 Å². The minimum atomic E-state index is -4.67. The van der Waals surface area contributed by atoms with E-state index in [0.717, 1.165) is 13.2 Å². The zero-order valence-electron chi connectivity index (χ0n) is 3.94. The summed E-state index contributed by atoms with van der Waals surface area (Å²) in [7, 11) is -4.67. The summed E-state index contributed by atoms with van der Waals surface area (Å²) in [6, 6.07) is 0. The van der Waals surface area contributed by atoms with Crippen molar-refractivity contribution >= 4 is 40.0 Å². The molecule has 52 valence electrons. The van der Waals surface area contributed by atoms with Crippen LogP contribution >= 0.6 is 0 Å².